The highest BCUT2D eigenvalue weighted by atomic mass is 32.2. The van der Waals surface area contributed by atoms with E-state index in [9.17, 15) is 5.11 Å². The molecular weight excluding hydrogens is 370 g/mol. The summed E-state index contributed by atoms with van der Waals surface area (Å²) >= 11 is 1.56. The lowest BCUT2D eigenvalue weighted by molar-refractivity contribution is 0.247. The number of hydrogen-bond acceptors (Lipinski definition) is 5. The summed E-state index contributed by atoms with van der Waals surface area (Å²) < 4.78 is 5.61. The first-order valence-corrected chi connectivity index (χ1v) is 10.2. The number of aromatic nitrogens is 1. The van der Waals surface area contributed by atoms with Crippen LogP contribution in [0.25, 0.3) is 10.9 Å². The van der Waals surface area contributed by atoms with Gasteiger partial charge in [0.1, 0.15) is 10.8 Å². The molecule has 0 amide bonds. The molecule has 1 aliphatic heterocycles. The highest BCUT2D eigenvalue weighted by Gasteiger charge is 2.24. The van der Waals surface area contributed by atoms with E-state index in [0.29, 0.717) is 19.7 Å². The number of thioether (sulfide) groups is 1. The summed E-state index contributed by atoms with van der Waals surface area (Å²) in [6.07, 6.45) is 0. The fourth-order valence-corrected chi connectivity index (χ4v) is 4.19. The highest BCUT2D eigenvalue weighted by molar-refractivity contribution is 8.13. The molecule has 2 aromatic carbocycles. The van der Waals surface area contributed by atoms with Crippen LogP contribution in [0.2, 0.25) is 0 Å². The second kappa shape index (κ2) is 8.20. The van der Waals surface area contributed by atoms with E-state index in [1.54, 1.807) is 11.8 Å². The lowest BCUT2D eigenvalue weighted by Gasteiger charge is -2.30. The van der Waals surface area contributed by atoms with Crippen molar-refractivity contribution in [3.63, 3.8) is 0 Å². The number of aryl methyl sites for hydroxylation is 1. The van der Waals surface area contributed by atoms with Crippen molar-refractivity contribution >= 4 is 33.5 Å². The quantitative estimate of drug-likeness (QED) is 0.690. The zero-order valence-corrected chi connectivity index (χ0v) is 16.9. The summed E-state index contributed by atoms with van der Waals surface area (Å²) in [4.78, 5) is 11.8. The van der Waals surface area contributed by atoms with E-state index in [1.165, 1.54) is 5.56 Å². The maximum atomic E-state index is 9.52. The summed E-state index contributed by atoms with van der Waals surface area (Å²) in [6, 6.07) is 16.3. The maximum absolute atomic E-state index is 9.52. The van der Waals surface area contributed by atoms with Gasteiger partial charge in [-0.05, 0) is 62.0 Å². The molecule has 0 saturated heterocycles. The Kier molecular flexibility index (Phi) is 5.50. The molecular formula is C22H23N3O2S. The molecule has 0 bridgehead atoms. The van der Waals surface area contributed by atoms with Crippen LogP contribution in [0, 0.1) is 6.92 Å². The van der Waals surface area contributed by atoms with Crippen molar-refractivity contribution in [2.45, 2.75) is 25.4 Å². The van der Waals surface area contributed by atoms with E-state index in [2.05, 4.69) is 30.0 Å². The SMILES string of the molecule is CCOc1ccc2nc3c(cc2c1)CN(CCO)C(=Nc1ccc(C)cc1)S3. The predicted octanol–water partition coefficient (Wildman–Crippen LogP) is 4.53. The van der Waals surface area contributed by atoms with Crippen LogP contribution in [-0.2, 0) is 6.54 Å². The Balaban J connectivity index is 1.71. The van der Waals surface area contributed by atoms with Gasteiger partial charge in [0.05, 0.1) is 24.4 Å². The van der Waals surface area contributed by atoms with E-state index in [-0.39, 0.29) is 6.61 Å². The van der Waals surface area contributed by atoms with Gasteiger partial charge in [0.2, 0.25) is 0 Å². The average molecular weight is 394 g/mol. The number of benzene rings is 2. The Labute approximate surface area is 169 Å². The van der Waals surface area contributed by atoms with E-state index in [1.807, 2.05) is 37.3 Å². The van der Waals surface area contributed by atoms with Crippen LogP contribution in [0.15, 0.2) is 58.5 Å². The number of aliphatic hydroxyl groups is 1. The third kappa shape index (κ3) is 3.98. The van der Waals surface area contributed by atoms with Gasteiger partial charge in [-0.2, -0.15) is 0 Å². The predicted molar refractivity (Wildman–Crippen MR) is 115 cm³/mol. The van der Waals surface area contributed by atoms with Crippen molar-refractivity contribution in [1.29, 1.82) is 0 Å². The van der Waals surface area contributed by atoms with Gasteiger partial charge in [0, 0.05) is 24.0 Å². The molecule has 0 aliphatic carbocycles. The van der Waals surface area contributed by atoms with Crippen molar-refractivity contribution < 1.29 is 9.84 Å². The summed E-state index contributed by atoms with van der Waals surface area (Å²) in [5.41, 5.74) is 4.20. The third-order valence-corrected chi connectivity index (χ3v) is 5.66. The molecule has 3 aromatic rings. The molecule has 28 heavy (non-hydrogen) atoms. The van der Waals surface area contributed by atoms with E-state index in [4.69, 9.17) is 14.7 Å². The minimum absolute atomic E-state index is 0.0817. The largest absolute Gasteiger partial charge is 0.494 e. The Hall–Kier alpha value is -2.57. The number of fused-ring (bicyclic) bond motifs is 2. The molecule has 0 spiro atoms. The molecule has 4 rings (SSSR count). The van der Waals surface area contributed by atoms with E-state index >= 15 is 0 Å². The smallest absolute Gasteiger partial charge is 0.171 e. The molecule has 1 N–H and O–H groups in total. The number of nitrogens with zero attached hydrogens (tertiary/aromatic N) is 3. The molecule has 1 aromatic heterocycles. The molecule has 0 unspecified atom stereocenters. The first kappa shape index (κ1) is 18.8. The zero-order valence-electron chi connectivity index (χ0n) is 16.1. The standard InChI is InChI=1S/C22H23N3O2S/c1-3-27-19-8-9-20-16(13-19)12-17-14-25(10-11-26)22(28-21(17)24-20)23-18-6-4-15(2)5-7-18/h4-9,12-13,26H,3,10-11,14H2,1-2H3. The first-order valence-electron chi connectivity index (χ1n) is 9.42. The fourth-order valence-electron chi connectivity index (χ4n) is 3.18. The zero-order chi connectivity index (χ0) is 19.5. The highest BCUT2D eigenvalue weighted by Crippen LogP contribution is 2.35. The number of ether oxygens (including phenoxy) is 1. The summed E-state index contributed by atoms with van der Waals surface area (Å²) in [7, 11) is 0. The van der Waals surface area contributed by atoms with E-state index < -0.39 is 0 Å². The summed E-state index contributed by atoms with van der Waals surface area (Å²) in [5.74, 6) is 0.856. The topological polar surface area (TPSA) is 58.0 Å². The van der Waals surface area contributed by atoms with Gasteiger partial charge >= 0.3 is 0 Å². The van der Waals surface area contributed by atoms with Crippen LogP contribution in [0.5, 0.6) is 5.75 Å². The minimum atomic E-state index is 0.0817. The lowest BCUT2D eigenvalue weighted by atomic mass is 10.1. The summed E-state index contributed by atoms with van der Waals surface area (Å²) in [6.45, 7) is 5.98. The Morgan fingerprint density at radius 1 is 1.18 bits per heavy atom. The number of β-amino-alcohol motifs (C(OH)–C–C–N with tert-alkyl or cyclic N) is 1. The Morgan fingerprint density at radius 3 is 2.75 bits per heavy atom. The van der Waals surface area contributed by atoms with Gasteiger partial charge in [-0.25, -0.2) is 9.98 Å². The molecule has 2 heterocycles. The first-order chi connectivity index (χ1) is 13.7. The molecule has 144 valence electrons. The fraction of sp³-hybridized carbons (Fsp3) is 0.273. The normalized spacial score (nSPS) is 15.1. The number of pyridine rings is 1. The van der Waals surface area contributed by atoms with Gasteiger partial charge in [0.15, 0.2) is 5.17 Å². The number of hydrogen-bond donors (Lipinski definition) is 1. The molecule has 0 saturated carbocycles. The van der Waals surface area contributed by atoms with Gasteiger partial charge in [-0.15, -0.1) is 0 Å². The van der Waals surface area contributed by atoms with Crippen molar-refractivity contribution in [3.8, 4) is 5.75 Å². The van der Waals surface area contributed by atoms with Gasteiger partial charge < -0.3 is 14.7 Å². The van der Waals surface area contributed by atoms with Crippen LogP contribution in [-0.4, -0.2) is 39.9 Å². The molecule has 0 fully saturated rings. The average Bonchev–Trinajstić information content (AvgIpc) is 2.69. The second-order valence-corrected chi connectivity index (χ2v) is 7.67. The van der Waals surface area contributed by atoms with Gasteiger partial charge in [0.25, 0.3) is 0 Å². The molecule has 1 aliphatic rings. The van der Waals surface area contributed by atoms with Crippen LogP contribution >= 0.6 is 11.8 Å². The molecule has 0 atom stereocenters. The van der Waals surface area contributed by atoms with E-state index in [0.717, 1.165) is 38.1 Å². The molecule has 5 nitrogen and oxygen atoms in total. The number of aliphatic hydroxyl groups excluding tert-OH is 1. The van der Waals surface area contributed by atoms with Crippen LogP contribution in [0.3, 0.4) is 0 Å². The van der Waals surface area contributed by atoms with Crippen LogP contribution in [0.1, 0.15) is 18.1 Å². The summed E-state index contributed by atoms with van der Waals surface area (Å²) in [5, 5.41) is 12.4. The van der Waals surface area contributed by atoms with Crippen molar-refractivity contribution in [2.24, 2.45) is 4.99 Å². The second-order valence-electron chi connectivity index (χ2n) is 6.72. The number of amidine groups is 1. The van der Waals surface area contributed by atoms with Gasteiger partial charge in [-0.3, -0.25) is 0 Å². The van der Waals surface area contributed by atoms with Crippen LogP contribution < -0.4 is 4.74 Å². The minimum Gasteiger partial charge on any atom is -0.494 e. The monoisotopic (exact) mass is 393 g/mol. The van der Waals surface area contributed by atoms with Crippen LogP contribution in [0.4, 0.5) is 5.69 Å². The third-order valence-electron chi connectivity index (χ3n) is 4.58. The maximum Gasteiger partial charge on any atom is 0.171 e. The molecule has 6 heteroatoms. The lowest BCUT2D eigenvalue weighted by Crippen LogP contribution is -2.34. The van der Waals surface area contributed by atoms with Crippen molar-refractivity contribution in [3.05, 3.63) is 59.7 Å². The van der Waals surface area contributed by atoms with Crippen molar-refractivity contribution in [1.82, 2.24) is 9.88 Å². The number of rotatable bonds is 5. The van der Waals surface area contributed by atoms with Crippen molar-refractivity contribution in [2.75, 3.05) is 19.8 Å². The Morgan fingerprint density at radius 2 is 2.00 bits per heavy atom. The Bertz CT molecular complexity index is 1020. The molecule has 0 radical (unpaired) electrons. The van der Waals surface area contributed by atoms with Gasteiger partial charge in [-0.1, -0.05) is 17.7 Å². The number of aliphatic imine (C=N–C) groups is 1.